The summed E-state index contributed by atoms with van der Waals surface area (Å²) in [5.74, 6) is 0.172. The summed E-state index contributed by atoms with van der Waals surface area (Å²) in [6.45, 7) is 2.89. The smallest absolute Gasteiger partial charge is 0.125 e. The second-order valence-electron chi connectivity index (χ2n) is 5.52. The fourth-order valence-electron chi connectivity index (χ4n) is 3.37. The number of rotatable bonds is 3. The lowest BCUT2D eigenvalue weighted by atomic mass is 9.86. The van der Waals surface area contributed by atoms with E-state index in [-0.39, 0.29) is 11.9 Å². The maximum absolute atomic E-state index is 13.5. The van der Waals surface area contributed by atoms with Crippen LogP contribution >= 0.6 is 0 Å². The van der Waals surface area contributed by atoms with E-state index in [1.54, 1.807) is 18.2 Å². The van der Waals surface area contributed by atoms with Gasteiger partial charge in [0, 0.05) is 12.2 Å². The number of anilines is 1. The molecule has 0 spiro atoms. The van der Waals surface area contributed by atoms with Crippen molar-refractivity contribution in [3.8, 4) is 5.75 Å². The van der Waals surface area contributed by atoms with Crippen LogP contribution in [-0.4, -0.2) is 11.7 Å². The lowest BCUT2D eigenvalue weighted by Gasteiger charge is -2.37. The third kappa shape index (κ3) is 2.60. The number of hydrogen-bond acceptors (Lipinski definition) is 2. The number of fused-ring (bicyclic) bond motifs is 1. The third-order valence-electron chi connectivity index (χ3n) is 4.31. The summed E-state index contributed by atoms with van der Waals surface area (Å²) in [6, 6.07) is 12.7. The fraction of sp³-hybridized carbons (Fsp3) is 0.333. The van der Waals surface area contributed by atoms with Gasteiger partial charge in [-0.25, -0.2) is 4.39 Å². The van der Waals surface area contributed by atoms with Gasteiger partial charge in [-0.1, -0.05) is 18.2 Å². The van der Waals surface area contributed by atoms with Gasteiger partial charge in [-0.05, 0) is 61.6 Å². The SMILES string of the molecule is CCN(c1cccc(F)c1)C1CCCc2c(O)cccc21. The van der Waals surface area contributed by atoms with Gasteiger partial charge in [-0.2, -0.15) is 0 Å². The number of nitrogens with zero attached hydrogens (tertiary/aromatic N) is 1. The highest BCUT2D eigenvalue weighted by molar-refractivity contribution is 5.52. The second-order valence-corrected chi connectivity index (χ2v) is 5.52. The Kier molecular flexibility index (Phi) is 3.82. The Morgan fingerprint density at radius 3 is 2.81 bits per heavy atom. The summed E-state index contributed by atoms with van der Waals surface area (Å²) in [5, 5.41) is 10.1. The molecule has 1 unspecified atom stereocenters. The zero-order valence-electron chi connectivity index (χ0n) is 12.2. The molecule has 110 valence electrons. The van der Waals surface area contributed by atoms with Crippen molar-refractivity contribution < 1.29 is 9.50 Å². The number of phenolic OH excluding ortho intramolecular Hbond substituents is 1. The average molecular weight is 285 g/mol. The van der Waals surface area contributed by atoms with E-state index < -0.39 is 0 Å². The summed E-state index contributed by atoms with van der Waals surface area (Å²) in [5.41, 5.74) is 3.12. The van der Waals surface area contributed by atoms with Crippen molar-refractivity contribution in [3.63, 3.8) is 0 Å². The predicted octanol–water partition coefficient (Wildman–Crippen LogP) is 4.44. The van der Waals surface area contributed by atoms with Gasteiger partial charge in [0.05, 0.1) is 6.04 Å². The van der Waals surface area contributed by atoms with Crippen LogP contribution in [0.1, 0.15) is 36.9 Å². The van der Waals surface area contributed by atoms with Gasteiger partial charge in [0.1, 0.15) is 11.6 Å². The quantitative estimate of drug-likeness (QED) is 0.901. The first-order valence-corrected chi connectivity index (χ1v) is 7.53. The molecule has 2 aromatic carbocycles. The number of aromatic hydroxyl groups is 1. The summed E-state index contributed by atoms with van der Waals surface area (Å²) in [6.07, 6.45) is 2.99. The molecule has 0 bridgehead atoms. The van der Waals surface area contributed by atoms with Crippen molar-refractivity contribution in [1.82, 2.24) is 0 Å². The number of benzene rings is 2. The molecule has 0 heterocycles. The summed E-state index contributed by atoms with van der Waals surface area (Å²) < 4.78 is 13.5. The van der Waals surface area contributed by atoms with Crippen LogP contribution in [0.2, 0.25) is 0 Å². The molecule has 0 saturated carbocycles. The molecular weight excluding hydrogens is 265 g/mol. The van der Waals surface area contributed by atoms with E-state index in [4.69, 9.17) is 0 Å². The van der Waals surface area contributed by atoms with Crippen molar-refractivity contribution in [1.29, 1.82) is 0 Å². The molecule has 1 aliphatic rings. The Morgan fingerprint density at radius 2 is 2.05 bits per heavy atom. The molecule has 0 radical (unpaired) electrons. The van der Waals surface area contributed by atoms with Crippen molar-refractivity contribution in [2.75, 3.05) is 11.4 Å². The molecule has 21 heavy (non-hydrogen) atoms. The van der Waals surface area contributed by atoms with Crippen molar-refractivity contribution >= 4 is 5.69 Å². The minimum Gasteiger partial charge on any atom is -0.508 e. The minimum atomic E-state index is -0.210. The fourth-order valence-corrected chi connectivity index (χ4v) is 3.37. The molecule has 0 aliphatic heterocycles. The standard InChI is InChI=1S/C18H20FNO/c1-2-20(14-7-3-6-13(19)12-14)17-10-4-9-16-15(17)8-5-11-18(16)21/h3,5-8,11-12,17,21H,2,4,9-10H2,1H3. The largest absolute Gasteiger partial charge is 0.508 e. The Hall–Kier alpha value is -2.03. The predicted molar refractivity (Wildman–Crippen MR) is 83.2 cm³/mol. The van der Waals surface area contributed by atoms with Gasteiger partial charge in [-0.3, -0.25) is 0 Å². The first kappa shape index (κ1) is 13.9. The first-order valence-electron chi connectivity index (χ1n) is 7.53. The maximum Gasteiger partial charge on any atom is 0.125 e. The second kappa shape index (κ2) is 5.76. The van der Waals surface area contributed by atoms with Gasteiger partial charge in [-0.15, -0.1) is 0 Å². The van der Waals surface area contributed by atoms with Crippen LogP contribution in [0.5, 0.6) is 5.75 Å². The zero-order chi connectivity index (χ0) is 14.8. The molecular formula is C18H20FNO. The Morgan fingerprint density at radius 1 is 1.24 bits per heavy atom. The molecule has 1 atom stereocenters. The van der Waals surface area contributed by atoms with Crippen LogP contribution in [0, 0.1) is 5.82 Å². The van der Waals surface area contributed by atoms with Crippen LogP contribution in [0.4, 0.5) is 10.1 Å². The van der Waals surface area contributed by atoms with Crippen LogP contribution in [-0.2, 0) is 6.42 Å². The van der Waals surface area contributed by atoms with Gasteiger partial charge < -0.3 is 10.0 Å². The van der Waals surface area contributed by atoms with Gasteiger partial charge in [0.2, 0.25) is 0 Å². The molecule has 1 aliphatic carbocycles. The van der Waals surface area contributed by atoms with Gasteiger partial charge in [0.25, 0.3) is 0 Å². The molecule has 0 amide bonds. The molecule has 3 rings (SSSR count). The van der Waals surface area contributed by atoms with E-state index in [2.05, 4.69) is 17.9 Å². The number of hydrogen-bond donors (Lipinski definition) is 1. The molecule has 2 aromatic rings. The summed E-state index contributed by atoms with van der Waals surface area (Å²) in [7, 11) is 0. The highest BCUT2D eigenvalue weighted by Crippen LogP contribution is 2.39. The van der Waals surface area contributed by atoms with E-state index in [9.17, 15) is 9.50 Å². The molecule has 3 heteroatoms. The van der Waals surface area contributed by atoms with Crippen molar-refractivity contribution in [2.24, 2.45) is 0 Å². The van der Waals surface area contributed by atoms with Crippen molar-refractivity contribution in [3.05, 3.63) is 59.4 Å². The van der Waals surface area contributed by atoms with E-state index in [1.165, 1.54) is 11.6 Å². The van der Waals surface area contributed by atoms with E-state index in [0.29, 0.717) is 5.75 Å². The summed E-state index contributed by atoms with van der Waals surface area (Å²) in [4.78, 5) is 2.22. The Balaban J connectivity index is 2.02. The molecule has 0 fully saturated rings. The molecule has 2 nitrogen and oxygen atoms in total. The van der Waals surface area contributed by atoms with Crippen LogP contribution in [0.25, 0.3) is 0 Å². The van der Waals surface area contributed by atoms with E-state index >= 15 is 0 Å². The molecule has 1 N–H and O–H groups in total. The minimum absolute atomic E-state index is 0.202. The Bertz CT molecular complexity index is 641. The van der Waals surface area contributed by atoms with Crippen LogP contribution in [0.3, 0.4) is 0 Å². The molecule has 0 aromatic heterocycles. The maximum atomic E-state index is 13.5. The lowest BCUT2D eigenvalue weighted by Crippen LogP contribution is -2.31. The lowest BCUT2D eigenvalue weighted by molar-refractivity contribution is 0.450. The van der Waals surface area contributed by atoms with E-state index in [1.807, 2.05) is 12.1 Å². The normalized spacial score (nSPS) is 17.3. The number of phenols is 1. The zero-order valence-corrected chi connectivity index (χ0v) is 12.2. The highest BCUT2D eigenvalue weighted by atomic mass is 19.1. The monoisotopic (exact) mass is 285 g/mol. The molecule has 0 saturated heterocycles. The van der Waals surface area contributed by atoms with E-state index in [0.717, 1.165) is 37.1 Å². The highest BCUT2D eigenvalue weighted by Gasteiger charge is 2.27. The third-order valence-corrected chi connectivity index (χ3v) is 4.31. The van der Waals surface area contributed by atoms with Crippen molar-refractivity contribution in [2.45, 2.75) is 32.2 Å². The Labute approximate surface area is 124 Å². The van der Waals surface area contributed by atoms with Gasteiger partial charge in [0.15, 0.2) is 0 Å². The first-order chi connectivity index (χ1) is 10.2. The van der Waals surface area contributed by atoms with Gasteiger partial charge >= 0.3 is 0 Å². The number of halogens is 1. The average Bonchev–Trinajstić information content (AvgIpc) is 2.49. The van der Waals surface area contributed by atoms with Crippen LogP contribution in [0.15, 0.2) is 42.5 Å². The van der Waals surface area contributed by atoms with Crippen LogP contribution < -0.4 is 4.90 Å². The summed E-state index contributed by atoms with van der Waals surface area (Å²) >= 11 is 0. The topological polar surface area (TPSA) is 23.5 Å².